The average Bonchev–Trinajstić information content (AvgIpc) is 3.25. The third-order valence-corrected chi connectivity index (χ3v) is 8.09. The molecule has 2 N–H and O–H groups in total. The van der Waals surface area contributed by atoms with E-state index in [4.69, 9.17) is 11.6 Å². The first-order chi connectivity index (χ1) is 18.0. The summed E-state index contributed by atoms with van der Waals surface area (Å²) in [6.07, 6.45) is 6.94. The van der Waals surface area contributed by atoms with Crippen molar-refractivity contribution in [2.75, 3.05) is 11.3 Å². The lowest BCUT2D eigenvalue weighted by Gasteiger charge is -2.34. The van der Waals surface area contributed by atoms with Crippen molar-refractivity contribution in [2.45, 2.75) is 23.1 Å². The lowest BCUT2D eigenvalue weighted by atomic mass is 9.56. The number of sulfonamides is 1. The van der Waals surface area contributed by atoms with Crippen LogP contribution in [-0.2, 0) is 10.0 Å². The first kappa shape index (κ1) is 26.2. The van der Waals surface area contributed by atoms with E-state index < -0.39 is 26.6 Å². The zero-order valence-corrected chi connectivity index (χ0v) is 22.2. The van der Waals surface area contributed by atoms with Crippen LogP contribution in [0.15, 0.2) is 59.9 Å². The Hall–Kier alpha value is -3.39. The Morgan fingerprint density at radius 2 is 1.97 bits per heavy atom. The molecule has 0 aliphatic carbocycles. The van der Waals surface area contributed by atoms with Gasteiger partial charge >= 0.3 is 0 Å². The number of piperidine rings is 1. The van der Waals surface area contributed by atoms with E-state index in [1.807, 2.05) is 6.07 Å². The molecule has 1 atom stereocenters. The van der Waals surface area contributed by atoms with Crippen LogP contribution in [0.5, 0.6) is 0 Å². The van der Waals surface area contributed by atoms with Crippen LogP contribution in [0.25, 0.3) is 16.6 Å². The van der Waals surface area contributed by atoms with Gasteiger partial charge in [-0.25, -0.2) is 26.7 Å². The molecule has 0 bridgehead atoms. The summed E-state index contributed by atoms with van der Waals surface area (Å²) in [5, 5.41) is 7.81. The van der Waals surface area contributed by atoms with E-state index >= 15 is 0 Å². The fourth-order valence-electron chi connectivity index (χ4n) is 4.50. The van der Waals surface area contributed by atoms with E-state index in [9.17, 15) is 17.2 Å². The first-order valence-corrected chi connectivity index (χ1v) is 13.7. The minimum atomic E-state index is -4.39. The number of pyridine rings is 2. The standard InChI is InChI=1S/C25H22B2ClF2N5O2S/c26-25(27)12-15(5-7-32-25)1-2-17-14-33-35-8-6-16(10-22(17)35)18-9-21(24(28)31-13-18)34-38(36,37)23-4-3-19(29)11-20(23)30/h3-4,6,8-11,13-15,32,34H,5,7,12,26-27H2. The van der Waals surface area contributed by atoms with Crippen molar-refractivity contribution in [3.8, 4) is 23.0 Å². The predicted octanol–water partition coefficient (Wildman–Crippen LogP) is 2.40. The lowest BCUT2D eigenvalue weighted by Crippen LogP contribution is -2.51. The summed E-state index contributed by atoms with van der Waals surface area (Å²) in [6, 6.07) is 7.39. The minimum Gasteiger partial charge on any atom is -0.326 e. The van der Waals surface area contributed by atoms with Crippen molar-refractivity contribution in [1.82, 2.24) is 19.9 Å². The highest BCUT2D eigenvalue weighted by molar-refractivity contribution is 7.92. The molecule has 1 aliphatic heterocycles. The van der Waals surface area contributed by atoms with Gasteiger partial charge in [-0.3, -0.25) is 4.72 Å². The topological polar surface area (TPSA) is 88.4 Å². The predicted molar refractivity (Wildman–Crippen MR) is 148 cm³/mol. The maximum atomic E-state index is 14.1. The molecule has 0 saturated carbocycles. The van der Waals surface area contributed by atoms with Crippen LogP contribution in [-0.4, -0.2) is 50.6 Å². The van der Waals surface area contributed by atoms with Crippen molar-refractivity contribution in [3.63, 3.8) is 0 Å². The summed E-state index contributed by atoms with van der Waals surface area (Å²) in [6.45, 7) is 0.925. The summed E-state index contributed by atoms with van der Waals surface area (Å²) >= 11 is 6.15. The lowest BCUT2D eigenvalue weighted by molar-refractivity contribution is 0.388. The van der Waals surface area contributed by atoms with Gasteiger partial charge in [-0.2, -0.15) is 5.10 Å². The van der Waals surface area contributed by atoms with Crippen LogP contribution in [0.1, 0.15) is 18.4 Å². The smallest absolute Gasteiger partial charge is 0.264 e. The number of fused-ring (bicyclic) bond motifs is 1. The molecule has 13 heteroatoms. The number of nitrogens with one attached hydrogen (secondary N) is 2. The summed E-state index contributed by atoms with van der Waals surface area (Å²) in [7, 11) is -0.0467. The number of hydrogen-bond acceptors (Lipinski definition) is 5. The third-order valence-electron chi connectivity index (χ3n) is 6.39. The third kappa shape index (κ3) is 5.55. The van der Waals surface area contributed by atoms with E-state index in [0.717, 1.165) is 48.2 Å². The van der Waals surface area contributed by atoms with Crippen LogP contribution in [0.4, 0.5) is 14.5 Å². The van der Waals surface area contributed by atoms with E-state index in [1.54, 1.807) is 23.0 Å². The second-order valence-electron chi connectivity index (χ2n) is 9.82. The molecule has 0 spiro atoms. The van der Waals surface area contributed by atoms with Gasteiger partial charge in [0.2, 0.25) is 0 Å². The second kappa shape index (κ2) is 10.1. The molecule has 3 aromatic heterocycles. The zero-order valence-electron chi connectivity index (χ0n) is 20.6. The molecule has 0 amide bonds. The van der Waals surface area contributed by atoms with Crippen LogP contribution in [0.3, 0.4) is 0 Å². The number of hydrogen-bond donors (Lipinski definition) is 2. The molecule has 1 unspecified atom stereocenters. The molecule has 4 heterocycles. The Morgan fingerprint density at radius 1 is 1.16 bits per heavy atom. The van der Waals surface area contributed by atoms with E-state index in [2.05, 4.69) is 47.7 Å². The van der Waals surface area contributed by atoms with Gasteiger partial charge in [-0.05, 0) is 60.6 Å². The summed E-state index contributed by atoms with van der Waals surface area (Å²) in [5.41, 5.74) is 2.80. The van der Waals surface area contributed by atoms with Gasteiger partial charge in [0, 0.05) is 29.9 Å². The van der Waals surface area contributed by atoms with E-state index in [1.165, 1.54) is 12.3 Å². The largest absolute Gasteiger partial charge is 0.326 e. The minimum absolute atomic E-state index is 0.0465. The Bertz CT molecular complexity index is 1720. The van der Waals surface area contributed by atoms with Crippen molar-refractivity contribution in [1.29, 1.82) is 0 Å². The van der Waals surface area contributed by atoms with Crippen LogP contribution >= 0.6 is 11.6 Å². The van der Waals surface area contributed by atoms with E-state index in [-0.39, 0.29) is 22.1 Å². The van der Waals surface area contributed by atoms with Crippen LogP contribution in [0, 0.1) is 29.4 Å². The Balaban J connectivity index is 1.45. The number of benzene rings is 1. The van der Waals surface area contributed by atoms with Crippen LogP contribution in [0.2, 0.25) is 5.15 Å². The summed E-state index contributed by atoms with van der Waals surface area (Å²) in [4.78, 5) is 3.39. The highest BCUT2D eigenvalue weighted by atomic mass is 35.5. The van der Waals surface area contributed by atoms with Gasteiger partial charge in [0.1, 0.15) is 32.2 Å². The number of nitrogens with zero attached hydrogens (tertiary/aromatic N) is 3. The van der Waals surface area contributed by atoms with Crippen molar-refractivity contribution < 1.29 is 17.2 Å². The number of rotatable bonds is 4. The Labute approximate surface area is 225 Å². The molecule has 38 heavy (non-hydrogen) atoms. The van der Waals surface area contributed by atoms with Gasteiger partial charge < -0.3 is 5.32 Å². The molecule has 192 valence electrons. The molecule has 1 aliphatic rings. The fraction of sp³-hybridized carbons (Fsp3) is 0.200. The fourth-order valence-corrected chi connectivity index (χ4v) is 5.83. The van der Waals surface area contributed by atoms with E-state index in [0.29, 0.717) is 11.6 Å². The highest BCUT2D eigenvalue weighted by Crippen LogP contribution is 2.30. The quantitative estimate of drug-likeness (QED) is 0.231. The molecule has 1 saturated heterocycles. The molecule has 5 rings (SSSR count). The molecule has 1 fully saturated rings. The maximum Gasteiger partial charge on any atom is 0.264 e. The number of aromatic nitrogens is 3. The molecular weight excluding hydrogens is 529 g/mol. The first-order valence-electron chi connectivity index (χ1n) is 11.9. The average molecular weight is 552 g/mol. The Morgan fingerprint density at radius 3 is 2.74 bits per heavy atom. The summed E-state index contributed by atoms with van der Waals surface area (Å²) < 4.78 is 56.9. The number of anilines is 1. The maximum absolute atomic E-state index is 14.1. The van der Waals surface area contributed by atoms with Gasteiger partial charge in [0.25, 0.3) is 10.0 Å². The normalized spacial score (nSPS) is 17.1. The molecular formula is C25H22B2ClF2N5O2S. The van der Waals surface area contributed by atoms with Crippen molar-refractivity contribution in [2.24, 2.45) is 5.92 Å². The van der Waals surface area contributed by atoms with Gasteiger partial charge in [0.05, 0.1) is 23.0 Å². The van der Waals surface area contributed by atoms with Gasteiger partial charge in [-0.1, -0.05) is 23.4 Å². The zero-order chi connectivity index (χ0) is 27.1. The highest BCUT2D eigenvalue weighted by Gasteiger charge is 2.26. The molecule has 0 radical (unpaired) electrons. The number of halogens is 3. The summed E-state index contributed by atoms with van der Waals surface area (Å²) in [5.74, 6) is 4.85. The monoisotopic (exact) mass is 551 g/mol. The van der Waals surface area contributed by atoms with Crippen LogP contribution < -0.4 is 10.0 Å². The molecule has 4 aromatic rings. The van der Waals surface area contributed by atoms with Gasteiger partial charge in [0.15, 0.2) is 5.15 Å². The van der Waals surface area contributed by atoms with Gasteiger partial charge in [-0.15, -0.1) is 0 Å². The molecule has 7 nitrogen and oxygen atoms in total. The SMILES string of the molecule is BC1(B)CC(C#Cc2cnn3ccc(-c4cnc(Cl)c(NS(=O)(=O)c5ccc(F)cc5F)c4)cc23)CCN1. The molecule has 1 aromatic carbocycles. The van der Waals surface area contributed by atoms with Crippen molar-refractivity contribution in [3.05, 3.63) is 77.3 Å². The second-order valence-corrected chi connectivity index (χ2v) is 11.8. The Kier molecular flexibility index (Phi) is 6.94. The van der Waals surface area contributed by atoms with Crippen molar-refractivity contribution >= 4 is 48.5 Å².